The van der Waals surface area contributed by atoms with Crippen LogP contribution in [0.2, 0.25) is 5.02 Å². The Balaban J connectivity index is 1.84. The lowest BCUT2D eigenvalue weighted by Crippen LogP contribution is -2.41. The van der Waals surface area contributed by atoms with Crippen molar-refractivity contribution in [2.24, 2.45) is 0 Å². The minimum absolute atomic E-state index is 0.0179. The molecule has 5 nitrogen and oxygen atoms in total. The molecule has 3 aromatic carbocycles. The average molecular weight is 536 g/mol. The molecule has 1 atom stereocenters. The molecule has 3 rings (SSSR count). The third kappa shape index (κ3) is 6.19. The molecule has 0 bridgehead atoms. The second-order valence-electron chi connectivity index (χ2n) is 7.52. The topological polar surface area (TPSA) is 66.5 Å². The molecule has 32 heavy (non-hydrogen) atoms. The fourth-order valence-corrected chi connectivity index (χ4v) is 5.02. The molecule has 0 aliphatic heterocycles. The minimum Gasteiger partial charge on any atom is -0.348 e. The number of aryl methyl sites for hydroxylation is 1. The van der Waals surface area contributed by atoms with E-state index >= 15 is 0 Å². The largest absolute Gasteiger partial charge is 0.348 e. The van der Waals surface area contributed by atoms with Crippen molar-refractivity contribution in [3.8, 4) is 0 Å². The summed E-state index contributed by atoms with van der Waals surface area (Å²) < 4.78 is 28.9. The van der Waals surface area contributed by atoms with E-state index in [0.29, 0.717) is 10.6 Å². The van der Waals surface area contributed by atoms with Crippen LogP contribution in [-0.4, -0.2) is 25.2 Å². The predicted octanol–water partition coefficient (Wildman–Crippen LogP) is 5.48. The Morgan fingerprint density at radius 2 is 1.66 bits per heavy atom. The number of rotatable bonds is 8. The van der Waals surface area contributed by atoms with Crippen molar-refractivity contribution in [1.82, 2.24) is 9.62 Å². The van der Waals surface area contributed by atoms with Gasteiger partial charge in [0.25, 0.3) is 0 Å². The summed E-state index contributed by atoms with van der Waals surface area (Å²) in [6, 6.07) is 20.9. The number of benzene rings is 3. The van der Waals surface area contributed by atoms with E-state index in [9.17, 15) is 13.2 Å². The molecule has 0 unspecified atom stereocenters. The normalized spacial score (nSPS) is 12.5. The Kier molecular flexibility index (Phi) is 8.11. The van der Waals surface area contributed by atoms with Crippen molar-refractivity contribution in [2.45, 2.75) is 31.3 Å². The number of hydrogen-bond acceptors (Lipinski definition) is 3. The highest BCUT2D eigenvalue weighted by molar-refractivity contribution is 9.10. The van der Waals surface area contributed by atoms with Crippen LogP contribution in [0.1, 0.15) is 29.7 Å². The number of nitrogens with one attached hydrogen (secondary N) is 1. The second kappa shape index (κ2) is 10.6. The standard InChI is InChI=1S/C24H24BrClN2O3S/c1-17-7-13-22(14-8-17)32(30,31)28(15-20-5-3-4-6-23(20)26)16-24(29)27-18(2)19-9-11-21(25)12-10-19/h3-14,18H,15-16H2,1-2H3,(H,27,29)/t18-/m1/s1. The van der Waals surface area contributed by atoms with Gasteiger partial charge in [-0.25, -0.2) is 8.42 Å². The zero-order valence-electron chi connectivity index (χ0n) is 17.8. The van der Waals surface area contributed by atoms with Crippen molar-refractivity contribution in [2.75, 3.05) is 6.54 Å². The number of carbonyl (C=O) groups excluding carboxylic acids is 1. The number of amides is 1. The van der Waals surface area contributed by atoms with Crippen LogP contribution in [0.4, 0.5) is 0 Å². The van der Waals surface area contributed by atoms with E-state index in [4.69, 9.17) is 11.6 Å². The predicted molar refractivity (Wildman–Crippen MR) is 131 cm³/mol. The molecule has 0 saturated carbocycles. The maximum Gasteiger partial charge on any atom is 0.243 e. The van der Waals surface area contributed by atoms with Gasteiger partial charge in [-0.3, -0.25) is 4.79 Å². The number of sulfonamides is 1. The highest BCUT2D eigenvalue weighted by atomic mass is 79.9. The molecule has 168 valence electrons. The van der Waals surface area contributed by atoms with Crippen LogP contribution in [0.25, 0.3) is 0 Å². The van der Waals surface area contributed by atoms with Crippen molar-refractivity contribution in [3.63, 3.8) is 0 Å². The van der Waals surface area contributed by atoms with Gasteiger partial charge in [0, 0.05) is 16.0 Å². The molecule has 8 heteroatoms. The van der Waals surface area contributed by atoms with Gasteiger partial charge >= 0.3 is 0 Å². The number of carbonyl (C=O) groups is 1. The van der Waals surface area contributed by atoms with Gasteiger partial charge in [-0.2, -0.15) is 4.31 Å². The van der Waals surface area contributed by atoms with E-state index in [1.54, 1.807) is 48.5 Å². The van der Waals surface area contributed by atoms with Crippen LogP contribution >= 0.6 is 27.5 Å². The highest BCUT2D eigenvalue weighted by Gasteiger charge is 2.28. The summed E-state index contributed by atoms with van der Waals surface area (Å²) in [5.74, 6) is -0.400. The summed E-state index contributed by atoms with van der Waals surface area (Å²) >= 11 is 9.67. The molecule has 0 aliphatic carbocycles. The fourth-order valence-electron chi connectivity index (χ4n) is 3.18. The Morgan fingerprint density at radius 1 is 1.03 bits per heavy atom. The van der Waals surface area contributed by atoms with E-state index in [1.165, 1.54) is 0 Å². The van der Waals surface area contributed by atoms with E-state index in [0.717, 1.165) is 19.9 Å². The Hall–Kier alpha value is -2.19. The van der Waals surface area contributed by atoms with Crippen LogP contribution in [0, 0.1) is 6.92 Å². The van der Waals surface area contributed by atoms with Crippen molar-refractivity contribution < 1.29 is 13.2 Å². The molecular weight excluding hydrogens is 512 g/mol. The Labute approximate surface area is 202 Å². The Morgan fingerprint density at radius 3 is 2.28 bits per heavy atom. The fraction of sp³-hybridized carbons (Fsp3) is 0.208. The first-order chi connectivity index (χ1) is 15.2. The second-order valence-corrected chi connectivity index (χ2v) is 10.8. The summed E-state index contributed by atoms with van der Waals surface area (Å²) in [5.41, 5.74) is 2.49. The smallest absolute Gasteiger partial charge is 0.243 e. The molecule has 0 heterocycles. The molecule has 0 aromatic heterocycles. The van der Waals surface area contributed by atoms with Crippen LogP contribution in [0.15, 0.2) is 82.2 Å². The summed E-state index contributed by atoms with van der Waals surface area (Å²) in [5, 5.41) is 3.33. The van der Waals surface area contributed by atoms with Crippen molar-refractivity contribution in [1.29, 1.82) is 0 Å². The monoisotopic (exact) mass is 534 g/mol. The first-order valence-electron chi connectivity index (χ1n) is 10.0. The third-order valence-corrected chi connectivity index (χ3v) is 7.73. The average Bonchev–Trinajstić information content (AvgIpc) is 2.75. The van der Waals surface area contributed by atoms with Gasteiger partial charge in [0.05, 0.1) is 17.5 Å². The molecule has 0 radical (unpaired) electrons. The van der Waals surface area contributed by atoms with E-state index in [2.05, 4.69) is 21.2 Å². The molecule has 0 aliphatic rings. The summed E-state index contributed by atoms with van der Waals surface area (Å²) in [6.45, 7) is 3.39. The zero-order chi connectivity index (χ0) is 23.3. The van der Waals surface area contributed by atoms with Crippen LogP contribution in [0.3, 0.4) is 0 Å². The molecule has 1 amide bonds. The lowest BCUT2D eigenvalue weighted by atomic mass is 10.1. The van der Waals surface area contributed by atoms with Crippen molar-refractivity contribution in [3.05, 3.63) is 99.0 Å². The van der Waals surface area contributed by atoms with Crippen LogP contribution in [0.5, 0.6) is 0 Å². The Bertz CT molecular complexity index is 1180. The first kappa shape index (κ1) is 24.5. The number of hydrogen-bond donors (Lipinski definition) is 1. The van der Waals surface area contributed by atoms with E-state index < -0.39 is 15.9 Å². The van der Waals surface area contributed by atoms with Gasteiger partial charge in [0.15, 0.2) is 0 Å². The van der Waals surface area contributed by atoms with Gasteiger partial charge in [-0.05, 0) is 55.3 Å². The van der Waals surface area contributed by atoms with Gasteiger partial charge in [-0.1, -0.05) is 75.6 Å². The number of nitrogens with zero attached hydrogens (tertiary/aromatic N) is 1. The van der Waals surface area contributed by atoms with E-state index in [1.807, 2.05) is 38.1 Å². The van der Waals surface area contributed by atoms with Crippen molar-refractivity contribution >= 4 is 43.5 Å². The van der Waals surface area contributed by atoms with Crippen LogP contribution in [-0.2, 0) is 21.4 Å². The number of halogens is 2. The van der Waals surface area contributed by atoms with Gasteiger partial charge < -0.3 is 5.32 Å². The van der Waals surface area contributed by atoms with Gasteiger partial charge in [0.1, 0.15) is 0 Å². The minimum atomic E-state index is -3.93. The van der Waals surface area contributed by atoms with Crippen LogP contribution < -0.4 is 5.32 Å². The lowest BCUT2D eigenvalue weighted by Gasteiger charge is -2.24. The quantitative estimate of drug-likeness (QED) is 0.415. The van der Waals surface area contributed by atoms with E-state index in [-0.39, 0.29) is 24.0 Å². The highest BCUT2D eigenvalue weighted by Crippen LogP contribution is 2.23. The zero-order valence-corrected chi connectivity index (χ0v) is 20.9. The molecule has 0 spiro atoms. The lowest BCUT2D eigenvalue weighted by molar-refractivity contribution is -0.122. The molecule has 0 saturated heterocycles. The first-order valence-corrected chi connectivity index (χ1v) is 12.6. The molecule has 1 N–H and O–H groups in total. The molecule has 3 aromatic rings. The molecular formula is C24H24BrClN2O3S. The summed E-state index contributed by atoms with van der Waals surface area (Å²) in [4.78, 5) is 13.0. The third-order valence-electron chi connectivity index (χ3n) is 5.03. The maximum absolute atomic E-state index is 13.4. The van der Waals surface area contributed by atoms with Gasteiger partial charge in [0.2, 0.25) is 15.9 Å². The maximum atomic E-state index is 13.4. The molecule has 0 fully saturated rings. The summed E-state index contributed by atoms with van der Waals surface area (Å²) in [7, 11) is -3.93. The van der Waals surface area contributed by atoms with Gasteiger partial charge in [-0.15, -0.1) is 0 Å². The SMILES string of the molecule is Cc1ccc(S(=O)(=O)N(CC(=O)N[C@H](C)c2ccc(Br)cc2)Cc2ccccc2Cl)cc1. The summed E-state index contributed by atoms with van der Waals surface area (Å²) in [6.07, 6.45) is 0.